The van der Waals surface area contributed by atoms with Crippen molar-refractivity contribution in [2.75, 3.05) is 13.1 Å². The van der Waals surface area contributed by atoms with Gasteiger partial charge in [0.15, 0.2) is 5.65 Å². The van der Waals surface area contributed by atoms with Gasteiger partial charge in [-0.05, 0) is 31.9 Å². The summed E-state index contributed by atoms with van der Waals surface area (Å²) in [6.45, 7) is 3.72. The molecule has 0 radical (unpaired) electrons. The second-order valence-corrected chi connectivity index (χ2v) is 7.90. The van der Waals surface area contributed by atoms with Gasteiger partial charge < -0.3 is 9.72 Å². The monoisotopic (exact) mass is 379 g/mol. The van der Waals surface area contributed by atoms with E-state index in [0.29, 0.717) is 17.3 Å². The van der Waals surface area contributed by atoms with E-state index in [2.05, 4.69) is 21.9 Å². The molecule has 0 spiro atoms. The van der Waals surface area contributed by atoms with Gasteiger partial charge in [-0.2, -0.15) is 5.10 Å². The topological polar surface area (TPSA) is 76.0 Å². The summed E-state index contributed by atoms with van der Waals surface area (Å²) in [4.78, 5) is 22.6. The van der Waals surface area contributed by atoms with Crippen molar-refractivity contribution in [3.05, 3.63) is 52.7 Å². The van der Waals surface area contributed by atoms with Crippen LogP contribution in [0.25, 0.3) is 11.0 Å². The molecule has 1 aliphatic carbocycles. The maximum absolute atomic E-state index is 12.6. The minimum Gasteiger partial charge on any atom is -0.488 e. The van der Waals surface area contributed by atoms with Crippen molar-refractivity contribution in [3.8, 4) is 5.75 Å². The standard InChI is InChI=1S/C21H25N5O2/c1-14(25-12-17(13-25)28-16-9-3-2-4-10-16)19-23-20-18(21(27)24-19)11-22-26(20)15-7-5-6-8-15/h2-4,9-11,14-15,17H,5-8,12-13H2,1H3,(H,23,24,27)/t14-/m0/s1. The molecule has 2 aliphatic rings. The first-order valence-corrected chi connectivity index (χ1v) is 10.1. The van der Waals surface area contributed by atoms with Gasteiger partial charge in [0, 0.05) is 13.1 Å². The van der Waals surface area contributed by atoms with E-state index in [-0.39, 0.29) is 17.7 Å². The van der Waals surface area contributed by atoms with Crippen molar-refractivity contribution >= 4 is 11.0 Å². The fourth-order valence-corrected chi connectivity index (χ4v) is 4.29. The molecule has 1 atom stereocenters. The SMILES string of the molecule is C[C@@H](c1nc2c(cnn2C2CCCC2)c(=O)[nH]1)N1CC(Oc2ccccc2)C1. The molecule has 0 amide bonds. The first-order chi connectivity index (χ1) is 13.7. The molecular formula is C21H25N5O2. The summed E-state index contributed by atoms with van der Waals surface area (Å²) < 4.78 is 7.95. The Morgan fingerprint density at radius 1 is 1.18 bits per heavy atom. The quantitative estimate of drug-likeness (QED) is 0.737. The molecular weight excluding hydrogens is 354 g/mol. The molecule has 146 valence electrons. The number of nitrogens with zero attached hydrogens (tertiary/aromatic N) is 4. The van der Waals surface area contributed by atoms with E-state index in [1.165, 1.54) is 12.8 Å². The van der Waals surface area contributed by atoms with E-state index >= 15 is 0 Å². The second kappa shape index (κ2) is 7.05. The summed E-state index contributed by atoms with van der Waals surface area (Å²) in [5.74, 6) is 1.60. The number of hydrogen-bond donors (Lipinski definition) is 1. The van der Waals surface area contributed by atoms with E-state index < -0.39 is 0 Å². The van der Waals surface area contributed by atoms with E-state index in [1.54, 1.807) is 6.20 Å². The van der Waals surface area contributed by atoms with Gasteiger partial charge in [-0.15, -0.1) is 0 Å². The Bertz CT molecular complexity index is 1020. The molecule has 1 aliphatic heterocycles. The molecule has 7 heteroatoms. The number of ether oxygens (including phenoxy) is 1. The highest BCUT2D eigenvalue weighted by Gasteiger charge is 2.34. The molecule has 1 saturated heterocycles. The highest BCUT2D eigenvalue weighted by Crippen LogP contribution is 2.31. The molecule has 2 aromatic heterocycles. The van der Waals surface area contributed by atoms with Crippen LogP contribution in [0.1, 0.15) is 50.5 Å². The zero-order valence-corrected chi connectivity index (χ0v) is 16.0. The molecule has 3 aromatic rings. The van der Waals surface area contributed by atoms with E-state index in [4.69, 9.17) is 9.72 Å². The fourth-order valence-electron chi connectivity index (χ4n) is 4.29. The van der Waals surface area contributed by atoms with Crippen molar-refractivity contribution < 1.29 is 4.74 Å². The van der Waals surface area contributed by atoms with Crippen LogP contribution in [0.15, 0.2) is 41.3 Å². The Hall–Kier alpha value is -2.67. The van der Waals surface area contributed by atoms with Gasteiger partial charge in [0.2, 0.25) is 0 Å². The van der Waals surface area contributed by atoms with E-state index in [0.717, 1.165) is 37.3 Å². The number of hydrogen-bond acceptors (Lipinski definition) is 5. The molecule has 1 saturated carbocycles. The first kappa shape index (κ1) is 17.4. The molecule has 0 unspecified atom stereocenters. The second-order valence-electron chi connectivity index (χ2n) is 7.90. The number of nitrogens with one attached hydrogen (secondary N) is 1. The smallest absolute Gasteiger partial charge is 0.262 e. The van der Waals surface area contributed by atoms with Gasteiger partial charge in [0.25, 0.3) is 5.56 Å². The number of likely N-dealkylation sites (tertiary alicyclic amines) is 1. The lowest BCUT2D eigenvalue weighted by molar-refractivity contribution is -0.00735. The lowest BCUT2D eigenvalue weighted by Gasteiger charge is -2.42. The predicted molar refractivity (Wildman–Crippen MR) is 106 cm³/mol. The van der Waals surface area contributed by atoms with Gasteiger partial charge in [-0.1, -0.05) is 31.0 Å². The summed E-state index contributed by atoms with van der Waals surface area (Å²) in [5.41, 5.74) is 0.615. The third-order valence-electron chi connectivity index (χ3n) is 6.02. The largest absolute Gasteiger partial charge is 0.488 e. The zero-order chi connectivity index (χ0) is 19.1. The third-order valence-corrected chi connectivity index (χ3v) is 6.02. The zero-order valence-electron chi connectivity index (χ0n) is 16.0. The number of H-pyrrole nitrogens is 1. The Balaban J connectivity index is 1.33. The molecule has 1 N–H and O–H groups in total. The predicted octanol–water partition coefficient (Wildman–Crippen LogP) is 3.06. The van der Waals surface area contributed by atoms with Crippen LogP contribution >= 0.6 is 0 Å². The number of aromatic nitrogens is 4. The van der Waals surface area contributed by atoms with Crippen LogP contribution in [-0.2, 0) is 0 Å². The number of para-hydroxylation sites is 1. The molecule has 7 nitrogen and oxygen atoms in total. The molecule has 3 heterocycles. The van der Waals surface area contributed by atoms with Crippen LogP contribution in [0.3, 0.4) is 0 Å². The molecule has 1 aromatic carbocycles. The van der Waals surface area contributed by atoms with Crippen molar-refractivity contribution in [1.29, 1.82) is 0 Å². The number of benzene rings is 1. The van der Waals surface area contributed by atoms with Crippen molar-refractivity contribution in [3.63, 3.8) is 0 Å². The van der Waals surface area contributed by atoms with Crippen LogP contribution in [0, 0.1) is 0 Å². The fraction of sp³-hybridized carbons (Fsp3) is 0.476. The van der Waals surface area contributed by atoms with Gasteiger partial charge in [0.1, 0.15) is 23.1 Å². The van der Waals surface area contributed by atoms with Crippen molar-refractivity contribution in [2.24, 2.45) is 0 Å². The summed E-state index contributed by atoms with van der Waals surface area (Å²) in [6, 6.07) is 10.3. The van der Waals surface area contributed by atoms with Crippen LogP contribution in [0.5, 0.6) is 5.75 Å². The average molecular weight is 379 g/mol. The Labute approximate surface area is 163 Å². The molecule has 0 bridgehead atoms. The number of aromatic amines is 1. The summed E-state index contributed by atoms with van der Waals surface area (Å²) in [5, 5.41) is 5.06. The Kier molecular flexibility index (Phi) is 4.39. The third kappa shape index (κ3) is 3.09. The van der Waals surface area contributed by atoms with Crippen molar-refractivity contribution in [2.45, 2.75) is 50.8 Å². The maximum atomic E-state index is 12.6. The van der Waals surface area contributed by atoms with Gasteiger partial charge in [-0.3, -0.25) is 9.69 Å². The van der Waals surface area contributed by atoms with Gasteiger partial charge in [-0.25, -0.2) is 9.67 Å². The van der Waals surface area contributed by atoms with Crippen LogP contribution < -0.4 is 10.3 Å². The number of fused-ring (bicyclic) bond motifs is 1. The normalized spacial score (nSPS) is 19.8. The van der Waals surface area contributed by atoms with Crippen LogP contribution in [0.4, 0.5) is 0 Å². The van der Waals surface area contributed by atoms with Crippen LogP contribution in [-0.4, -0.2) is 43.8 Å². The van der Waals surface area contributed by atoms with Crippen molar-refractivity contribution in [1.82, 2.24) is 24.6 Å². The Morgan fingerprint density at radius 2 is 1.93 bits per heavy atom. The average Bonchev–Trinajstić information content (AvgIpc) is 3.34. The van der Waals surface area contributed by atoms with Crippen LogP contribution in [0.2, 0.25) is 0 Å². The lowest BCUT2D eigenvalue weighted by atomic mass is 10.1. The minimum atomic E-state index is -0.103. The van der Waals surface area contributed by atoms with Gasteiger partial charge in [0.05, 0.1) is 18.3 Å². The number of rotatable bonds is 5. The first-order valence-electron chi connectivity index (χ1n) is 10.1. The lowest BCUT2D eigenvalue weighted by Crippen LogP contribution is -2.54. The molecule has 2 fully saturated rings. The highest BCUT2D eigenvalue weighted by atomic mass is 16.5. The molecule has 5 rings (SSSR count). The summed E-state index contributed by atoms with van der Waals surface area (Å²) >= 11 is 0. The maximum Gasteiger partial charge on any atom is 0.262 e. The van der Waals surface area contributed by atoms with E-state index in [1.807, 2.05) is 35.0 Å². The van der Waals surface area contributed by atoms with Gasteiger partial charge >= 0.3 is 0 Å². The highest BCUT2D eigenvalue weighted by molar-refractivity contribution is 5.73. The van der Waals surface area contributed by atoms with E-state index in [9.17, 15) is 4.79 Å². The minimum absolute atomic E-state index is 0.0275. The molecule has 28 heavy (non-hydrogen) atoms. The summed E-state index contributed by atoms with van der Waals surface area (Å²) in [7, 11) is 0. The summed E-state index contributed by atoms with van der Waals surface area (Å²) in [6.07, 6.45) is 6.48. The Morgan fingerprint density at radius 3 is 2.68 bits per heavy atom.